The second-order valence-electron chi connectivity index (χ2n) is 9.21. The van der Waals surface area contributed by atoms with Gasteiger partial charge in [0, 0.05) is 22.8 Å². The summed E-state index contributed by atoms with van der Waals surface area (Å²) in [4.78, 5) is 15.5. The molecule has 0 aromatic rings. The molecular formula is C19H29N3O. The van der Waals surface area contributed by atoms with Gasteiger partial charge in [0.2, 0.25) is 0 Å². The van der Waals surface area contributed by atoms with E-state index in [0.717, 1.165) is 49.9 Å². The third-order valence-electron chi connectivity index (χ3n) is 8.56. The van der Waals surface area contributed by atoms with Gasteiger partial charge in [-0.1, -0.05) is 19.0 Å². The second-order valence-corrected chi connectivity index (χ2v) is 9.21. The van der Waals surface area contributed by atoms with Gasteiger partial charge in [-0.2, -0.15) is 0 Å². The summed E-state index contributed by atoms with van der Waals surface area (Å²) >= 11 is 0. The Morgan fingerprint density at radius 3 is 2.70 bits per heavy atom. The number of Topliss-reactive ketones (excluding diaryl/α,β-unsaturated/α-hetero) is 1. The van der Waals surface area contributed by atoms with Crippen LogP contribution in [0.4, 0.5) is 0 Å². The van der Waals surface area contributed by atoms with Gasteiger partial charge in [0.15, 0.2) is 0 Å². The van der Waals surface area contributed by atoms with E-state index in [1.807, 2.05) is 0 Å². The Kier molecular flexibility index (Phi) is 3.53. The number of hydrogen-bond donors (Lipinski definition) is 0. The zero-order chi connectivity index (χ0) is 16.2. The van der Waals surface area contributed by atoms with Gasteiger partial charge in [0.1, 0.15) is 5.78 Å². The normalized spacial score (nSPS) is 52.1. The van der Waals surface area contributed by atoms with Crippen LogP contribution in [0.15, 0.2) is 5.11 Å². The molecule has 4 rings (SSSR count). The summed E-state index contributed by atoms with van der Waals surface area (Å²) in [5.41, 5.74) is 9.16. The van der Waals surface area contributed by atoms with Crippen LogP contribution in [-0.4, -0.2) is 11.8 Å². The lowest BCUT2D eigenvalue weighted by Gasteiger charge is -2.60. The molecule has 0 N–H and O–H groups in total. The smallest absolute Gasteiger partial charge is 0.139 e. The van der Waals surface area contributed by atoms with Crippen LogP contribution in [0.1, 0.15) is 71.6 Å². The number of ketones is 1. The molecule has 0 aromatic carbocycles. The molecule has 0 heterocycles. The monoisotopic (exact) mass is 315 g/mol. The van der Waals surface area contributed by atoms with Crippen LogP contribution in [0.3, 0.4) is 0 Å². The minimum Gasteiger partial charge on any atom is -0.299 e. The van der Waals surface area contributed by atoms with Crippen molar-refractivity contribution in [3.63, 3.8) is 0 Å². The van der Waals surface area contributed by atoms with Crippen LogP contribution < -0.4 is 0 Å². The minimum atomic E-state index is -0.00727. The van der Waals surface area contributed by atoms with Crippen molar-refractivity contribution in [1.29, 1.82) is 0 Å². The molecule has 4 heteroatoms. The van der Waals surface area contributed by atoms with Gasteiger partial charge in [0.25, 0.3) is 0 Å². The quantitative estimate of drug-likeness (QED) is 0.369. The summed E-state index contributed by atoms with van der Waals surface area (Å²) in [5.74, 6) is 3.45. The van der Waals surface area contributed by atoms with Crippen molar-refractivity contribution >= 4 is 5.78 Å². The Morgan fingerprint density at radius 1 is 1.09 bits per heavy atom. The highest BCUT2D eigenvalue weighted by atomic mass is 16.1. The van der Waals surface area contributed by atoms with Gasteiger partial charge in [-0.05, 0) is 86.0 Å². The topological polar surface area (TPSA) is 65.8 Å². The molecular weight excluding hydrogens is 286 g/mol. The van der Waals surface area contributed by atoms with E-state index >= 15 is 0 Å². The lowest BCUT2D eigenvalue weighted by Crippen LogP contribution is -2.53. The summed E-state index contributed by atoms with van der Waals surface area (Å²) in [6.07, 6.45) is 10.2. The fraction of sp³-hybridized carbons (Fsp3) is 0.947. The molecule has 4 aliphatic carbocycles. The lowest BCUT2D eigenvalue weighted by molar-refractivity contribution is -0.139. The molecule has 4 fully saturated rings. The highest BCUT2D eigenvalue weighted by Gasteiger charge is 2.60. The van der Waals surface area contributed by atoms with Crippen molar-refractivity contribution in [3.8, 4) is 0 Å². The summed E-state index contributed by atoms with van der Waals surface area (Å²) in [7, 11) is 0. The van der Waals surface area contributed by atoms with Gasteiger partial charge in [-0.25, -0.2) is 0 Å². The van der Waals surface area contributed by atoms with Crippen molar-refractivity contribution in [1.82, 2.24) is 0 Å². The number of hydrogen-bond acceptors (Lipinski definition) is 2. The molecule has 0 saturated heterocycles. The maximum Gasteiger partial charge on any atom is 0.139 e. The number of fused-ring (bicyclic) bond motifs is 5. The first-order valence-corrected chi connectivity index (χ1v) is 9.56. The maximum atomic E-state index is 12.4. The molecule has 0 radical (unpaired) electrons. The number of carbonyl (C=O) groups is 1. The van der Waals surface area contributed by atoms with Crippen molar-refractivity contribution < 1.29 is 4.79 Å². The third-order valence-corrected chi connectivity index (χ3v) is 8.56. The molecule has 0 aromatic heterocycles. The largest absolute Gasteiger partial charge is 0.299 e. The zero-order valence-electron chi connectivity index (χ0n) is 14.5. The van der Waals surface area contributed by atoms with Crippen molar-refractivity contribution in [2.24, 2.45) is 39.6 Å². The molecule has 0 spiro atoms. The minimum absolute atomic E-state index is 0.00727. The average molecular weight is 315 g/mol. The van der Waals surface area contributed by atoms with E-state index < -0.39 is 0 Å². The SMILES string of the molecule is C[C@]12CC[C@H](N=[N+]=[N-])C[C@@H]1CC[C@H]1[C@H]3CCC(=O)[C@@]3(C)CC[C@@H]12. The lowest BCUT2D eigenvalue weighted by atomic mass is 9.45. The van der Waals surface area contributed by atoms with Gasteiger partial charge in [-0.3, -0.25) is 4.79 Å². The standard InChI is InChI=1S/C19H29N3O/c1-18-9-7-13(21-22-20)11-12(18)3-4-14-15-5-6-17(23)19(15,2)10-8-16(14)18/h12-16H,3-11H2,1-2H3/t12-,13-,14-,15+,16-,18-,19-/m0/s1. The van der Waals surface area contributed by atoms with Crippen LogP contribution in [0.2, 0.25) is 0 Å². The number of azide groups is 1. The maximum absolute atomic E-state index is 12.4. The first-order chi connectivity index (χ1) is 11.0. The Balaban J connectivity index is 1.59. The van der Waals surface area contributed by atoms with Gasteiger partial charge in [-0.15, -0.1) is 0 Å². The molecule has 0 aliphatic heterocycles. The van der Waals surface area contributed by atoms with E-state index in [9.17, 15) is 4.79 Å². The molecule has 0 bridgehead atoms. The van der Waals surface area contributed by atoms with Gasteiger partial charge >= 0.3 is 0 Å². The second kappa shape index (κ2) is 5.24. The van der Waals surface area contributed by atoms with Crippen LogP contribution in [-0.2, 0) is 4.79 Å². The van der Waals surface area contributed by atoms with E-state index in [4.69, 9.17) is 5.53 Å². The predicted octanol–water partition coefficient (Wildman–Crippen LogP) is 5.28. The number of carbonyl (C=O) groups excluding carboxylic acids is 1. The van der Waals surface area contributed by atoms with Crippen LogP contribution >= 0.6 is 0 Å². The fourth-order valence-electron chi connectivity index (χ4n) is 7.18. The van der Waals surface area contributed by atoms with Crippen molar-refractivity contribution in [3.05, 3.63) is 10.4 Å². The van der Waals surface area contributed by atoms with Crippen LogP contribution in [0.25, 0.3) is 10.4 Å². The summed E-state index contributed by atoms with van der Waals surface area (Å²) in [5, 5.41) is 4.02. The van der Waals surface area contributed by atoms with Crippen LogP contribution in [0.5, 0.6) is 0 Å². The summed E-state index contributed by atoms with van der Waals surface area (Å²) in [6.45, 7) is 4.77. The highest BCUT2D eigenvalue weighted by Crippen LogP contribution is 2.65. The first kappa shape index (κ1) is 15.5. The van der Waals surface area contributed by atoms with E-state index in [1.165, 1.54) is 25.7 Å². The Labute approximate surface area is 139 Å². The third kappa shape index (κ3) is 2.10. The molecule has 4 saturated carbocycles. The highest BCUT2D eigenvalue weighted by molar-refractivity contribution is 5.87. The van der Waals surface area contributed by atoms with E-state index in [-0.39, 0.29) is 11.5 Å². The predicted molar refractivity (Wildman–Crippen MR) is 89.7 cm³/mol. The van der Waals surface area contributed by atoms with Gasteiger partial charge in [0.05, 0.1) is 0 Å². The number of nitrogens with zero attached hydrogens (tertiary/aromatic N) is 3. The van der Waals surface area contributed by atoms with Gasteiger partial charge < -0.3 is 0 Å². The van der Waals surface area contributed by atoms with Crippen LogP contribution in [0, 0.1) is 34.5 Å². The van der Waals surface area contributed by atoms with Crippen molar-refractivity contribution in [2.45, 2.75) is 77.7 Å². The Hall–Kier alpha value is -1.02. The fourth-order valence-corrected chi connectivity index (χ4v) is 7.18. The number of rotatable bonds is 1. The first-order valence-electron chi connectivity index (χ1n) is 9.56. The van der Waals surface area contributed by atoms with Crippen molar-refractivity contribution in [2.75, 3.05) is 0 Å². The summed E-state index contributed by atoms with van der Waals surface area (Å²) < 4.78 is 0. The van der Waals surface area contributed by atoms with E-state index in [2.05, 4.69) is 23.9 Å². The molecule has 126 valence electrons. The molecule has 7 atom stereocenters. The Morgan fingerprint density at radius 2 is 1.91 bits per heavy atom. The zero-order valence-corrected chi connectivity index (χ0v) is 14.5. The van der Waals surface area contributed by atoms with E-state index in [0.29, 0.717) is 17.1 Å². The molecule has 4 aliphatic rings. The molecule has 23 heavy (non-hydrogen) atoms. The average Bonchev–Trinajstić information content (AvgIpc) is 2.84. The molecule has 0 amide bonds. The summed E-state index contributed by atoms with van der Waals surface area (Å²) in [6, 6.07) is 0.219. The molecule has 4 nitrogen and oxygen atoms in total. The molecule has 0 unspecified atom stereocenters. The van der Waals surface area contributed by atoms with E-state index in [1.54, 1.807) is 0 Å². The Bertz CT molecular complexity index is 569.